The second kappa shape index (κ2) is 4.90. The molecule has 2 fully saturated rings. The molecular formula is C12H20N4S. The number of anilines is 1. The molecule has 17 heavy (non-hydrogen) atoms. The highest BCUT2D eigenvalue weighted by Crippen LogP contribution is 2.36. The lowest BCUT2D eigenvalue weighted by Crippen LogP contribution is -2.46. The molecule has 2 N–H and O–H groups in total. The Morgan fingerprint density at radius 1 is 1.24 bits per heavy atom. The van der Waals surface area contributed by atoms with Crippen LogP contribution in [0, 0.1) is 5.92 Å². The Hall–Kier alpha value is -0.680. The van der Waals surface area contributed by atoms with E-state index in [1.165, 1.54) is 56.6 Å². The van der Waals surface area contributed by atoms with Crippen LogP contribution in [-0.4, -0.2) is 27.1 Å². The molecule has 1 aromatic heterocycles. The van der Waals surface area contributed by atoms with E-state index in [0.717, 1.165) is 29.2 Å². The second-order valence-corrected chi connectivity index (χ2v) is 6.09. The summed E-state index contributed by atoms with van der Waals surface area (Å²) in [6.45, 7) is 2.11. The predicted molar refractivity (Wildman–Crippen MR) is 69.7 cm³/mol. The highest BCUT2D eigenvalue weighted by Gasteiger charge is 2.33. The van der Waals surface area contributed by atoms with Crippen LogP contribution in [0.4, 0.5) is 5.00 Å². The Labute approximate surface area is 106 Å². The number of nitrogen functional groups attached to an aromatic ring is 1. The molecular weight excluding hydrogens is 232 g/mol. The molecule has 1 saturated carbocycles. The van der Waals surface area contributed by atoms with Crippen molar-refractivity contribution >= 4 is 16.5 Å². The third kappa shape index (κ3) is 2.31. The van der Waals surface area contributed by atoms with E-state index in [0.29, 0.717) is 0 Å². The molecule has 2 heterocycles. The Morgan fingerprint density at radius 3 is 2.88 bits per heavy atom. The van der Waals surface area contributed by atoms with E-state index in [1.807, 2.05) is 0 Å². The van der Waals surface area contributed by atoms with Crippen molar-refractivity contribution < 1.29 is 0 Å². The smallest absolute Gasteiger partial charge is 0.132 e. The zero-order valence-electron chi connectivity index (χ0n) is 10.1. The standard InChI is InChI=1S/C12H20N4S/c13-12-10(14-15-17-12)8-16-7-3-5-9-4-1-2-6-11(9)16/h9,11H,1-8,13H2. The van der Waals surface area contributed by atoms with E-state index < -0.39 is 0 Å². The molecule has 2 atom stereocenters. The maximum absolute atomic E-state index is 5.89. The number of hydrogen-bond donors (Lipinski definition) is 1. The van der Waals surface area contributed by atoms with Crippen molar-refractivity contribution in [1.82, 2.24) is 14.5 Å². The van der Waals surface area contributed by atoms with Crippen LogP contribution in [0.3, 0.4) is 0 Å². The zero-order chi connectivity index (χ0) is 11.7. The quantitative estimate of drug-likeness (QED) is 0.877. The van der Waals surface area contributed by atoms with Gasteiger partial charge in [-0.15, -0.1) is 5.10 Å². The van der Waals surface area contributed by atoms with Gasteiger partial charge in [-0.2, -0.15) is 0 Å². The first kappa shape index (κ1) is 11.4. The molecule has 94 valence electrons. The number of piperidine rings is 1. The van der Waals surface area contributed by atoms with Gasteiger partial charge < -0.3 is 5.73 Å². The first-order valence-corrected chi connectivity index (χ1v) is 7.42. The van der Waals surface area contributed by atoms with Gasteiger partial charge >= 0.3 is 0 Å². The molecule has 0 bridgehead atoms. The van der Waals surface area contributed by atoms with Crippen LogP contribution in [0.5, 0.6) is 0 Å². The molecule has 1 aliphatic carbocycles. The maximum Gasteiger partial charge on any atom is 0.132 e. The van der Waals surface area contributed by atoms with Gasteiger partial charge in [-0.25, -0.2) is 0 Å². The maximum atomic E-state index is 5.89. The van der Waals surface area contributed by atoms with Gasteiger partial charge in [0.1, 0.15) is 10.7 Å². The van der Waals surface area contributed by atoms with Crippen molar-refractivity contribution in [3.05, 3.63) is 5.69 Å². The Morgan fingerprint density at radius 2 is 2.06 bits per heavy atom. The monoisotopic (exact) mass is 252 g/mol. The highest BCUT2D eigenvalue weighted by atomic mass is 32.1. The summed E-state index contributed by atoms with van der Waals surface area (Å²) in [7, 11) is 0. The Balaban J connectivity index is 1.71. The number of likely N-dealkylation sites (tertiary alicyclic amines) is 1. The first-order chi connectivity index (χ1) is 8.34. The van der Waals surface area contributed by atoms with E-state index >= 15 is 0 Å². The lowest BCUT2D eigenvalue weighted by molar-refractivity contribution is 0.0539. The number of aromatic nitrogens is 2. The van der Waals surface area contributed by atoms with E-state index in [9.17, 15) is 0 Å². The van der Waals surface area contributed by atoms with Crippen LogP contribution < -0.4 is 5.73 Å². The van der Waals surface area contributed by atoms with Gasteiger partial charge in [0.05, 0.1) is 0 Å². The number of fused-ring (bicyclic) bond motifs is 1. The molecule has 1 saturated heterocycles. The number of nitrogens with two attached hydrogens (primary N) is 1. The molecule has 0 spiro atoms. The largest absolute Gasteiger partial charge is 0.388 e. The van der Waals surface area contributed by atoms with Gasteiger partial charge in [-0.05, 0) is 38.1 Å². The molecule has 0 radical (unpaired) electrons. The van der Waals surface area contributed by atoms with E-state index in [2.05, 4.69) is 14.5 Å². The van der Waals surface area contributed by atoms with Crippen molar-refractivity contribution in [3.63, 3.8) is 0 Å². The average molecular weight is 252 g/mol. The minimum absolute atomic E-state index is 0.776. The average Bonchev–Trinajstić information content (AvgIpc) is 2.76. The van der Waals surface area contributed by atoms with Crippen LogP contribution in [0.1, 0.15) is 44.2 Å². The van der Waals surface area contributed by atoms with Crippen molar-refractivity contribution in [2.45, 2.75) is 51.1 Å². The Kier molecular flexibility index (Phi) is 3.29. The predicted octanol–water partition coefficient (Wildman–Crippen LogP) is 2.27. The summed E-state index contributed by atoms with van der Waals surface area (Å²) in [6.07, 6.45) is 8.36. The molecule has 0 amide bonds. The van der Waals surface area contributed by atoms with E-state index in [-0.39, 0.29) is 0 Å². The summed E-state index contributed by atoms with van der Waals surface area (Å²) in [5.41, 5.74) is 6.88. The van der Waals surface area contributed by atoms with Crippen molar-refractivity contribution in [2.75, 3.05) is 12.3 Å². The van der Waals surface area contributed by atoms with Crippen LogP contribution >= 0.6 is 11.5 Å². The zero-order valence-corrected chi connectivity index (χ0v) is 11.0. The van der Waals surface area contributed by atoms with Crippen LogP contribution in [-0.2, 0) is 6.54 Å². The minimum Gasteiger partial charge on any atom is -0.388 e. The molecule has 4 nitrogen and oxygen atoms in total. The van der Waals surface area contributed by atoms with E-state index in [4.69, 9.17) is 5.73 Å². The minimum atomic E-state index is 0.776. The number of nitrogens with zero attached hydrogens (tertiary/aromatic N) is 3. The fraction of sp³-hybridized carbons (Fsp3) is 0.833. The van der Waals surface area contributed by atoms with Gasteiger partial charge in [0.15, 0.2) is 0 Å². The first-order valence-electron chi connectivity index (χ1n) is 6.65. The number of hydrogen-bond acceptors (Lipinski definition) is 5. The topological polar surface area (TPSA) is 55.0 Å². The normalized spacial score (nSPS) is 30.1. The van der Waals surface area contributed by atoms with Crippen LogP contribution in [0.2, 0.25) is 0 Å². The summed E-state index contributed by atoms with van der Waals surface area (Å²) in [4.78, 5) is 2.60. The van der Waals surface area contributed by atoms with Gasteiger partial charge in [-0.3, -0.25) is 4.90 Å². The summed E-state index contributed by atoms with van der Waals surface area (Å²) >= 11 is 1.31. The lowest BCUT2D eigenvalue weighted by Gasteiger charge is -2.43. The van der Waals surface area contributed by atoms with Crippen LogP contribution in [0.15, 0.2) is 0 Å². The Bertz CT molecular complexity index is 376. The fourth-order valence-corrected chi connectivity index (χ4v) is 3.88. The lowest BCUT2D eigenvalue weighted by atomic mass is 9.78. The van der Waals surface area contributed by atoms with E-state index in [1.54, 1.807) is 0 Å². The fourth-order valence-electron chi connectivity index (χ4n) is 3.44. The van der Waals surface area contributed by atoms with Gasteiger partial charge in [0, 0.05) is 24.1 Å². The molecule has 2 aliphatic rings. The summed E-state index contributed by atoms with van der Waals surface area (Å²) in [6, 6.07) is 0.776. The van der Waals surface area contributed by atoms with Crippen LogP contribution in [0.25, 0.3) is 0 Å². The molecule has 0 aromatic carbocycles. The second-order valence-electron chi connectivity index (χ2n) is 5.31. The molecule has 1 aliphatic heterocycles. The van der Waals surface area contributed by atoms with Crippen molar-refractivity contribution in [2.24, 2.45) is 5.92 Å². The van der Waals surface area contributed by atoms with Gasteiger partial charge in [-0.1, -0.05) is 17.3 Å². The molecule has 1 aromatic rings. The highest BCUT2D eigenvalue weighted by molar-refractivity contribution is 7.09. The summed E-state index contributed by atoms with van der Waals surface area (Å²) in [5, 5.41) is 4.94. The summed E-state index contributed by atoms with van der Waals surface area (Å²) < 4.78 is 3.93. The number of rotatable bonds is 2. The SMILES string of the molecule is Nc1snnc1CN1CCCC2CCCCC21. The summed E-state index contributed by atoms with van der Waals surface area (Å²) in [5.74, 6) is 0.922. The third-order valence-corrected chi connectivity index (χ3v) is 4.89. The molecule has 3 rings (SSSR count). The molecule has 2 unspecified atom stereocenters. The molecule has 5 heteroatoms. The third-order valence-electron chi connectivity index (χ3n) is 4.30. The van der Waals surface area contributed by atoms with Gasteiger partial charge in [0.2, 0.25) is 0 Å². The van der Waals surface area contributed by atoms with Crippen molar-refractivity contribution in [3.8, 4) is 0 Å². The van der Waals surface area contributed by atoms with Gasteiger partial charge in [0.25, 0.3) is 0 Å². The van der Waals surface area contributed by atoms with Crippen molar-refractivity contribution in [1.29, 1.82) is 0 Å².